The van der Waals surface area contributed by atoms with Crippen LogP contribution in [0.1, 0.15) is 5.56 Å². The van der Waals surface area contributed by atoms with E-state index < -0.39 is 0 Å². The molecule has 0 aliphatic carbocycles. The first kappa shape index (κ1) is 17.8. The van der Waals surface area contributed by atoms with Crippen LogP contribution in [0.3, 0.4) is 0 Å². The molecule has 5 nitrogen and oxygen atoms in total. The first-order chi connectivity index (χ1) is 12.0. The molecular formula is C17H14Cl2N4OS. The van der Waals surface area contributed by atoms with E-state index in [1.165, 1.54) is 11.8 Å². The van der Waals surface area contributed by atoms with E-state index in [9.17, 15) is 4.79 Å². The average Bonchev–Trinajstić information content (AvgIpc) is 2.97. The molecule has 0 saturated heterocycles. The maximum Gasteiger partial charge on any atom is 0.228 e. The number of nitrogens with one attached hydrogen (secondary N) is 1. The van der Waals surface area contributed by atoms with Crippen LogP contribution in [0.15, 0.2) is 58.8 Å². The van der Waals surface area contributed by atoms with Crippen molar-refractivity contribution in [2.75, 3.05) is 5.32 Å². The Morgan fingerprint density at radius 3 is 2.60 bits per heavy atom. The number of carbonyl (C=O) groups excluding carboxylic acids is 1. The first-order valence-electron chi connectivity index (χ1n) is 7.37. The number of benzene rings is 2. The van der Waals surface area contributed by atoms with Gasteiger partial charge in [0.05, 0.1) is 6.42 Å². The minimum Gasteiger partial charge on any atom is -0.326 e. The van der Waals surface area contributed by atoms with E-state index in [1.54, 1.807) is 24.5 Å². The van der Waals surface area contributed by atoms with Crippen molar-refractivity contribution in [3.05, 3.63) is 64.4 Å². The van der Waals surface area contributed by atoms with E-state index in [0.29, 0.717) is 10.0 Å². The van der Waals surface area contributed by atoms with Crippen LogP contribution in [0.4, 0.5) is 5.69 Å². The third kappa shape index (κ3) is 4.75. The standard InChI is InChI=1S/C17H14Cl2N4OS/c1-23-10-20-22-17(23)25-14-6-4-13(5-7-14)21-16(24)8-11-2-3-12(18)9-15(11)19/h2-7,9-10H,8H2,1H3,(H,21,24). The molecule has 8 heteroatoms. The Balaban J connectivity index is 1.61. The van der Waals surface area contributed by atoms with Gasteiger partial charge in [-0.1, -0.05) is 29.3 Å². The number of hydrogen-bond donors (Lipinski definition) is 1. The van der Waals surface area contributed by atoms with Crippen molar-refractivity contribution in [1.82, 2.24) is 14.8 Å². The monoisotopic (exact) mass is 392 g/mol. The van der Waals surface area contributed by atoms with Crippen LogP contribution in [-0.2, 0) is 18.3 Å². The van der Waals surface area contributed by atoms with Gasteiger partial charge in [0.25, 0.3) is 0 Å². The highest BCUT2D eigenvalue weighted by atomic mass is 35.5. The van der Waals surface area contributed by atoms with Crippen LogP contribution in [0.25, 0.3) is 0 Å². The quantitative estimate of drug-likeness (QED) is 0.696. The molecule has 25 heavy (non-hydrogen) atoms. The van der Waals surface area contributed by atoms with Gasteiger partial charge in [-0.3, -0.25) is 4.79 Å². The second-order valence-electron chi connectivity index (χ2n) is 5.31. The van der Waals surface area contributed by atoms with E-state index in [4.69, 9.17) is 23.2 Å². The van der Waals surface area contributed by atoms with Crippen LogP contribution in [0, 0.1) is 0 Å². The molecule has 3 rings (SSSR count). The van der Waals surface area contributed by atoms with Gasteiger partial charge in [0.1, 0.15) is 6.33 Å². The van der Waals surface area contributed by atoms with Gasteiger partial charge in [0.2, 0.25) is 5.91 Å². The van der Waals surface area contributed by atoms with Gasteiger partial charge >= 0.3 is 0 Å². The lowest BCUT2D eigenvalue weighted by Crippen LogP contribution is -2.14. The number of hydrogen-bond acceptors (Lipinski definition) is 4. The number of anilines is 1. The summed E-state index contributed by atoms with van der Waals surface area (Å²) in [6.07, 6.45) is 1.84. The van der Waals surface area contributed by atoms with E-state index >= 15 is 0 Å². The van der Waals surface area contributed by atoms with Crippen molar-refractivity contribution in [2.45, 2.75) is 16.5 Å². The van der Waals surface area contributed by atoms with Crippen molar-refractivity contribution in [2.24, 2.45) is 7.05 Å². The highest BCUT2D eigenvalue weighted by Gasteiger charge is 2.09. The Morgan fingerprint density at radius 1 is 1.20 bits per heavy atom. The van der Waals surface area contributed by atoms with Gasteiger partial charge in [-0.05, 0) is 53.7 Å². The number of amides is 1. The minimum absolute atomic E-state index is 0.141. The number of aromatic nitrogens is 3. The lowest BCUT2D eigenvalue weighted by molar-refractivity contribution is -0.115. The zero-order valence-corrected chi connectivity index (χ0v) is 15.6. The van der Waals surface area contributed by atoms with Gasteiger partial charge in [-0.15, -0.1) is 10.2 Å². The molecule has 1 heterocycles. The fourth-order valence-corrected chi connectivity index (χ4v) is 3.36. The van der Waals surface area contributed by atoms with Crippen molar-refractivity contribution in [3.63, 3.8) is 0 Å². The molecule has 0 radical (unpaired) electrons. The fraction of sp³-hybridized carbons (Fsp3) is 0.118. The summed E-state index contributed by atoms with van der Waals surface area (Å²) in [6.45, 7) is 0. The highest BCUT2D eigenvalue weighted by molar-refractivity contribution is 7.99. The van der Waals surface area contributed by atoms with Gasteiger partial charge in [0, 0.05) is 27.7 Å². The molecule has 0 spiro atoms. The number of rotatable bonds is 5. The van der Waals surface area contributed by atoms with Crippen LogP contribution in [0.5, 0.6) is 0 Å². The topological polar surface area (TPSA) is 59.8 Å². The Kier molecular flexibility index (Phi) is 5.63. The predicted molar refractivity (Wildman–Crippen MR) is 100 cm³/mol. The zero-order chi connectivity index (χ0) is 17.8. The molecule has 0 bridgehead atoms. The molecule has 0 aliphatic heterocycles. The zero-order valence-electron chi connectivity index (χ0n) is 13.2. The fourth-order valence-electron chi connectivity index (χ4n) is 2.12. The van der Waals surface area contributed by atoms with Crippen molar-refractivity contribution >= 4 is 46.6 Å². The molecule has 1 amide bonds. The van der Waals surface area contributed by atoms with Crippen LogP contribution in [-0.4, -0.2) is 20.7 Å². The molecule has 0 unspecified atom stereocenters. The molecular weight excluding hydrogens is 379 g/mol. The lowest BCUT2D eigenvalue weighted by atomic mass is 10.1. The Hall–Kier alpha value is -2.02. The van der Waals surface area contributed by atoms with Gasteiger partial charge in [-0.25, -0.2) is 0 Å². The van der Waals surface area contributed by atoms with Crippen LogP contribution < -0.4 is 5.32 Å². The lowest BCUT2D eigenvalue weighted by Gasteiger charge is -2.08. The SMILES string of the molecule is Cn1cnnc1Sc1ccc(NC(=O)Cc2ccc(Cl)cc2Cl)cc1. The molecule has 1 aromatic heterocycles. The summed E-state index contributed by atoms with van der Waals surface area (Å²) in [5.41, 5.74) is 1.45. The molecule has 2 aromatic carbocycles. The molecule has 0 saturated carbocycles. The molecule has 0 aliphatic rings. The third-order valence-corrected chi connectivity index (χ3v) is 5.03. The summed E-state index contributed by atoms with van der Waals surface area (Å²) in [5.74, 6) is -0.141. The van der Waals surface area contributed by atoms with Gasteiger partial charge in [-0.2, -0.15) is 0 Å². The summed E-state index contributed by atoms with van der Waals surface area (Å²) >= 11 is 13.5. The summed E-state index contributed by atoms with van der Waals surface area (Å²) in [4.78, 5) is 13.2. The van der Waals surface area contributed by atoms with Crippen LogP contribution >= 0.6 is 35.0 Å². The first-order valence-corrected chi connectivity index (χ1v) is 8.94. The maximum atomic E-state index is 12.2. The molecule has 128 valence electrons. The summed E-state index contributed by atoms with van der Waals surface area (Å²) in [6, 6.07) is 12.6. The van der Waals surface area contributed by atoms with Gasteiger partial charge < -0.3 is 9.88 Å². The van der Waals surface area contributed by atoms with Crippen molar-refractivity contribution in [3.8, 4) is 0 Å². The van der Waals surface area contributed by atoms with E-state index in [2.05, 4.69) is 15.5 Å². The number of carbonyl (C=O) groups is 1. The Labute approximate surface area is 159 Å². The largest absolute Gasteiger partial charge is 0.326 e. The van der Waals surface area contributed by atoms with E-state index in [0.717, 1.165) is 21.3 Å². The molecule has 1 N–H and O–H groups in total. The van der Waals surface area contributed by atoms with E-state index in [1.807, 2.05) is 35.9 Å². The average molecular weight is 393 g/mol. The normalized spacial score (nSPS) is 10.7. The number of halogens is 2. The Bertz CT molecular complexity index is 896. The highest BCUT2D eigenvalue weighted by Crippen LogP contribution is 2.26. The van der Waals surface area contributed by atoms with Crippen molar-refractivity contribution in [1.29, 1.82) is 0 Å². The third-order valence-electron chi connectivity index (χ3n) is 3.38. The molecule has 0 fully saturated rings. The Morgan fingerprint density at radius 2 is 1.96 bits per heavy atom. The second kappa shape index (κ2) is 7.91. The number of aryl methyl sites for hydroxylation is 1. The smallest absolute Gasteiger partial charge is 0.228 e. The minimum atomic E-state index is -0.141. The molecule has 3 aromatic rings. The maximum absolute atomic E-state index is 12.2. The summed E-state index contributed by atoms with van der Waals surface area (Å²) in [5, 5.41) is 12.6. The number of nitrogens with zero attached hydrogens (tertiary/aromatic N) is 3. The van der Waals surface area contributed by atoms with Gasteiger partial charge in [0.15, 0.2) is 5.16 Å². The summed E-state index contributed by atoms with van der Waals surface area (Å²) < 4.78 is 1.84. The second-order valence-corrected chi connectivity index (χ2v) is 7.20. The molecule has 0 atom stereocenters. The van der Waals surface area contributed by atoms with Crippen molar-refractivity contribution < 1.29 is 4.79 Å². The van der Waals surface area contributed by atoms with E-state index in [-0.39, 0.29) is 12.3 Å². The van der Waals surface area contributed by atoms with Crippen LogP contribution in [0.2, 0.25) is 10.0 Å². The summed E-state index contributed by atoms with van der Waals surface area (Å²) in [7, 11) is 1.89. The predicted octanol–water partition coefficient (Wildman–Crippen LogP) is 4.45.